The van der Waals surface area contributed by atoms with E-state index in [1.54, 1.807) is 18.2 Å². The average Bonchev–Trinajstić information content (AvgIpc) is 2.42. The molecule has 0 saturated heterocycles. The Morgan fingerprint density at radius 1 is 1.19 bits per heavy atom. The van der Waals surface area contributed by atoms with Gasteiger partial charge in [-0.15, -0.1) is 0 Å². The summed E-state index contributed by atoms with van der Waals surface area (Å²) >= 11 is 9.46. The van der Waals surface area contributed by atoms with Crippen molar-refractivity contribution in [2.45, 2.75) is 19.4 Å². The van der Waals surface area contributed by atoms with E-state index in [1.807, 2.05) is 6.92 Å². The Labute approximate surface area is 136 Å². The highest BCUT2D eigenvalue weighted by Crippen LogP contribution is 2.28. The number of hydrogen-bond acceptors (Lipinski definition) is 1. The lowest BCUT2D eigenvalue weighted by atomic mass is 9.98. The van der Waals surface area contributed by atoms with E-state index < -0.39 is 0 Å². The molecule has 2 aromatic rings. The molecule has 1 nitrogen and oxygen atoms in total. The molecule has 1 N–H and O–H groups in total. The van der Waals surface area contributed by atoms with Crippen LogP contribution in [0.2, 0.25) is 5.02 Å². The fourth-order valence-corrected chi connectivity index (χ4v) is 2.95. The maximum Gasteiger partial charge on any atom is 0.126 e. The van der Waals surface area contributed by atoms with Gasteiger partial charge >= 0.3 is 0 Å². The summed E-state index contributed by atoms with van der Waals surface area (Å²) in [6, 6.07) is 8.94. The molecule has 0 radical (unpaired) electrons. The van der Waals surface area contributed by atoms with Crippen LogP contribution in [0.5, 0.6) is 0 Å². The zero-order valence-corrected chi connectivity index (χ0v) is 13.8. The maximum atomic E-state index is 13.9. The van der Waals surface area contributed by atoms with Crippen LogP contribution in [-0.2, 0) is 6.42 Å². The molecule has 0 amide bonds. The molecule has 0 saturated carbocycles. The van der Waals surface area contributed by atoms with Crippen LogP contribution >= 0.6 is 27.5 Å². The van der Waals surface area contributed by atoms with Gasteiger partial charge in [0.2, 0.25) is 0 Å². The van der Waals surface area contributed by atoms with E-state index in [9.17, 15) is 8.78 Å². The second kappa shape index (κ2) is 7.34. The largest absolute Gasteiger partial charge is 0.310 e. The number of hydrogen-bond donors (Lipinski definition) is 1. The van der Waals surface area contributed by atoms with Crippen molar-refractivity contribution in [1.29, 1.82) is 0 Å². The van der Waals surface area contributed by atoms with E-state index in [2.05, 4.69) is 21.2 Å². The van der Waals surface area contributed by atoms with Crippen LogP contribution in [0.3, 0.4) is 0 Å². The molecule has 2 rings (SSSR count). The standard InChI is InChI=1S/C16H15BrClF2N/c1-2-21-16(13-5-4-12(19)9-14(13)18)8-10-7-11(17)3-6-15(10)20/h3-7,9,16,21H,2,8H2,1H3. The van der Waals surface area contributed by atoms with E-state index in [0.717, 1.165) is 10.0 Å². The summed E-state index contributed by atoms with van der Waals surface area (Å²) in [5, 5.41) is 3.61. The van der Waals surface area contributed by atoms with Crippen molar-refractivity contribution in [2.75, 3.05) is 6.54 Å². The Morgan fingerprint density at radius 3 is 2.62 bits per heavy atom. The van der Waals surface area contributed by atoms with Crippen LogP contribution in [0.1, 0.15) is 24.1 Å². The SMILES string of the molecule is CCNC(Cc1cc(Br)ccc1F)c1ccc(F)cc1Cl. The van der Waals surface area contributed by atoms with Gasteiger partial charge in [0.25, 0.3) is 0 Å². The Balaban J connectivity index is 2.32. The minimum atomic E-state index is -0.382. The molecule has 21 heavy (non-hydrogen) atoms. The summed E-state index contributed by atoms with van der Waals surface area (Å²) in [4.78, 5) is 0. The van der Waals surface area contributed by atoms with Crippen molar-refractivity contribution < 1.29 is 8.78 Å². The first-order chi connectivity index (χ1) is 10.0. The van der Waals surface area contributed by atoms with Crippen molar-refractivity contribution >= 4 is 27.5 Å². The van der Waals surface area contributed by atoms with E-state index in [4.69, 9.17) is 11.6 Å². The number of rotatable bonds is 5. The van der Waals surface area contributed by atoms with Gasteiger partial charge in [-0.3, -0.25) is 0 Å². The molecule has 0 aromatic heterocycles. The zero-order valence-electron chi connectivity index (χ0n) is 11.5. The molecule has 0 aliphatic carbocycles. The van der Waals surface area contributed by atoms with Gasteiger partial charge in [0.1, 0.15) is 11.6 Å². The van der Waals surface area contributed by atoms with Crippen molar-refractivity contribution in [3.05, 3.63) is 68.7 Å². The Morgan fingerprint density at radius 2 is 1.95 bits per heavy atom. The summed E-state index contributed by atoms with van der Waals surface area (Å²) in [7, 11) is 0. The van der Waals surface area contributed by atoms with Gasteiger partial charge in [0.15, 0.2) is 0 Å². The molecule has 112 valence electrons. The van der Waals surface area contributed by atoms with Crippen molar-refractivity contribution in [2.24, 2.45) is 0 Å². The molecule has 2 aromatic carbocycles. The topological polar surface area (TPSA) is 12.0 Å². The average molecular weight is 375 g/mol. The normalized spacial score (nSPS) is 12.4. The predicted molar refractivity (Wildman–Crippen MR) is 85.6 cm³/mol. The molecule has 0 spiro atoms. The zero-order chi connectivity index (χ0) is 15.4. The Kier molecular flexibility index (Phi) is 5.73. The maximum absolute atomic E-state index is 13.9. The number of likely N-dealkylation sites (N-methyl/N-ethyl adjacent to an activating group) is 1. The third-order valence-electron chi connectivity index (χ3n) is 3.22. The molecule has 0 bridgehead atoms. The van der Waals surface area contributed by atoms with Crippen molar-refractivity contribution in [1.82, 2.24) is 5.32 Å². The van der Waals surface area contributed by atoms with Gasteiger partial charge in [-0.2, -0.15) is 0 Å². The molecule has 0 fully saturated rings. The van der Waals surface area contributed by atoms with Crippen LogP contribution in [0.25, 0.3) is 0 Å². The molecule has 1 atom stereocenters. The monoisotopic (exact) mass is 373 g/mol. The van der Waals surface area contributed by atoms with Gasteiger partial charge in [0.05, 0.1) is 0 Å². The highest BCUT2D eigenvalue weighted by molar-refractivity contribution is 9.10. The van der Waals surface area contributed by atoms with Gasteiger partial charge in [-0.25, -0.2) is 8.78 Å². The summed E-state index contributed by atoms with van der Waals surface area (Å²) in [6.07, 6.45) is 0.435. The van der Waals surface area contributed by atoms with Crippen LogP contribution in [0, 0.1) is 11.6 Å². The van der Waals surface area contributed by atoms with Gasteiger partial charge in [-0.05, 0) is 54.4 Å². The summed E-state index contributed by atoms with van der Waals surface area (Å²) in [5.41, 5.74) is 1.34. The smallest absolute Gasteiger partial charge is 0.126 e. The quantitative estimate of drug-likeness (QED) is 0.751. The molecular weight excluding hydrogens is 360 g/mol. The van der Waals surface area contributed by atoms with E-state index in [1.165, 1.54) is 18.2 Å². The van der Waals surface area contributed by atoms with E-state index >= 15 is 0 Å². The lowest BCUT2D eigenvalue weighted by molar-refractivity contribution is 0.526. The number of benzene rings is 2. The molecule has 5 heteroatoms. The highest BCUT2D eigenvalue weighted by Gasteiger charge is 2.17. The summed E-state index contributed by atoms with van der Waals surface area (Å²) < 4.78 is 27.9. The molecule has 0 heterocycles. The van der Waals surface area contributed by atoms with E-state index in [0.29, 0.717) is 23.6 Å². The number of nitrogens with one attached hydrogen (secondary N) is 1. The molecule has 0 aliphatic rings. The third kappa shape index (κ3) is 4.25. The molecule has 0 aliphatic heterocycles. The third-order valence-corrected chi connectivity index (χ3v) is 4.04. The van der Waals surface area contributed by atoms with E-state index in [-0.39, 0.29) is 17.7 Å². The first-order valence-electron chi connectivity index (χ1n) is 6.63. The fraction of sp³-hybridized carbons (Fsp3) is 0.250. The first-order valence-corrected chi connectivity index (χ1v) is 7.80. The van der Waals surface area contributed by atoms with Gasteiger partial charge in [-0.1, -0.05) is 40.5 Å². The van der Waals surface area contributed by atoms with Crippen molar-refractivity contribution in [3.8, 4) is 0 Å². The Hall–Kier alpha value is -0.970. The summed E-state index contributed by atoms with van der Waals surface area (Å²) in [6.45, 7) is 2.66. The second-order valence-electron chi connectivity index (χ2n) is 4.72. The van der Waals surface area contributed by atoms with Crippen LogP contribution in [0.4, 0.5) is 8.78 Å². The second-order valence-corrected chi connectivity index (χ2v) is 6.04. The Bertz CT molecular complexity index is 634. The molecular formula is C16H15BrClF2N. The molecule has 1 unspecified atom stereocenters. The number of halogens is 4. The highest BCUT2D eigenvalue weighted by atomic mass is 79.9. The minimum Gasteiger partial charge on any atom is -0.310 e. The van der Waals surface area contributed by atoms with Crippen LogP contribution in [0.15, 0.2) is 40.9 Å². The van der Waals surface area contributed by atoms with Crippen molar-refractivity contribution in [3.63, 3.8) is 0 Å². The lowest BCUT2D eigenvalue weighted by Crippen LogP contribution is -2.23. The first kappa shape index (κ1) is 16.4. The van der Waals surface area contributed by atoms with Gasteiger partial charge < -0.3 is 5.32 Å². The van der Waals surface area contributed by atoms with Crippen LogP contribution in [-0.4, -0.2) is 6.54 Å². The predicted octanol–water partition coefficient (Wildman–Crippen LogP) is 5.27. The minimum absolute atomic E-state index is 0.174. The van der Waals surface area contributed by atoms with Crippen LogP contribution < -0.4 is 5.32 Å². The lowest BCUT2D eigenvalue weighted by Gasteiger charge is -2.20. The summed E-state index contributed by atoms with van der Waals surface area (Å²) in [5.74, 6) is -0.646. The fourth-order valence-electron chi connectivity index (χ4n) is 2.24. The van der Waals surface area contributed by atoms with Gasteiger partial charge in [0, 0.05) is 15.5 Å².